The Balaban J connectivity index is 2.37. The Kier molecular flexibility index (Phi) is 3.79. The summed E-state index contributed by atoms with van der Waals surface area (Å²) in [6, 6.07) is 12.0. The van der Waals surface area contributed by atoms with E-state index in [2.05, 4.69) is 0 Å². The van der Waals surface area contributed by atoms with Crippen LogP contribution in [0, 0.1) is 0 Å². The maximum atomic E-state index is 11.1. The van der Waals surface area contributed by atoms with E-state index in [-0.39, 0.29) is 5.56 Å². The van der Waals surface area contributed by atoms with Crippen LogP contribution in [0.4, 0.5) is 5.69 Å². The van der Waals surface area contributed by atoms with Crippen molar-refractivity contribution in [3.63, 3.8) is 0 Å². The van der Waals surface area contributed by atoms with Crippen LogP contribution in [0.5, 0.6) is 0 Å². The van der Waals surface area contributed by atoms with Crippen LogP contribution in [-0.4, -0.2) is 11.1 Å². The van der Waals surface area contributed by atoms with Gasteiger partial charge in [0.05, 0.1) is 5.56 Å². The molecule has 0 radical (unpaired) electrons. The Labute approximate surface area is 114 Å². The van der Waals surface area contributed by atoms with Gasteiger partial charge >= 0.3 is 5.97 Å². The number of carboxylic acid groups (broad SMARTS) is 1. The molecule has 2 rings (SSSR count). The van der Waals surface area contributed by atoms with Gasteiger partial charge in [0, 0.05) is 20.5 Å². The van der Waals surface area contributed by atoms with Crippen LogP contribution < -0.4 is 5.73 Å². The maximum Gasteiger partial charge on any atom is 0.336 e. The minimum absolute atomic E-state index is 0.261. The Hall–Kier alpha value is -1.65. The third-order valence-corrected chi connectivity index (χ3v) is 3.71. The van der Waals surface area contributed by atoms with Crippen LogP contribution in [-0.2, 0) is 0 Å². The van der Waals surface area contributed by atoms with Gasteiger partial charge in [0.1, 0.15) is 0 Å². The van der Waals surface area contributed by atoms with Crippen LogP contribution in [0.3, 0.4) is 0 Å². The standard InChI is InChI=1S/C13H10ClNO2S/c14-8-5-6-12(10(15)7-8)18-11-4-2-1-3-9(11)13(16)17/h1-7H,15H2,(H,16,17). The molecule has 0 heterocycles. The number of nitrogens with two attached hydrogens (primary N) is 1. The van der Waals surface area contributed by atoms with Gasteiger partial charge in [-0.15, -0.1) is 0 Å². The van der Waals surface area contributed by atoms with Gasteiger partial charge in [0.2, 0.25) is 0 Å². The number of hydrogen-bond acceptors (Lipinski definition) is 3. The summed E-state index contributed by atoms with van der Waals surface area (Å²) in [5, 5.41) is 9.65. The van der Waals surface area contributed by atoms with Crippen molar-refractivity contribution in [1.82, 2.24) is 0 Å². The van der Waals surface area contributed by atoms with E-state index < -0.39 is 5.97 Å². The lowest BCUT2D eigenvalue weighted by atomic mass is 10.2. The smallest absolute Gasteiger partial charge is 0.336 e. The zero-order valence-electron chi connectivity index (χ0n) is 9.26. The fourth-order valence-electron chi connectivity index (χ4n) is 1.46. The van der Waals surface area contributed by atoms with Crippen molar-refractivity contribution in [2.24, 2.45) is 0 Å². The molecular formula is C13H10ClNO2S. The van der Waals surface area contributed by atoms with Crippen molar-refractivity contribution in [2.45, 2.75) is 9.79 Å². The summed E-state index contributed by atoms with van der Waals surface area (Å²) in [4.78, 5) is 12.5. The van der Waals surface area contributed by atoms with Gasteiger partial charge in [0.25, 0.3) is 0 Å². The quantitative estimate of drug-likeness (QED) is 0.840. The Morgan fingerprint density at radius 2 is 1.89 bits per heavy atom. The normalized spacial score (nSPS) is 10.3. The molecule has 0 bridgehead atoms. The van der Waals surface area contributed by atoms with Gasteiger partial charge in [-0.05, 0) is 30.3 Å². The highest BCUT2D eigenvalue weighted by Gasteiger charge is 2.11. The number of rotatable bonds is 3. The largest absolute Gasteiger partial charge is 0.478 e. The first-order valence-corrected chi connectivity index (χ1v) is 6.32. The predicted octanol–water partition coefficient (Wildman–Crippen LogP) is 3.77. The molecule has 0 fully saturated rings. The fraction of sp³-hybridized carbons (Fsp3) is 0. The van der Waals surface area contributed by atoms with E-state index >= 15 is 0 Å². The molecule has 18 heavy (non-hydrogen) atoms. The number of carbonyl (C=O) groups is 1. The number of halogens is 1. The van der Waals surface area contributed by atoms with Gasteiger partial charge in [-0.1, -0.05) is 35.5 Å². The van der Waals surface area contributed by atoms with Gasteiger partial charge in [0.15, 0.2) is 0 Å². The molecular weight excluding hydrogens is 270 g/mol. The fourth-order valence-corrected chi connectivity index (χ4v) is 2.61. The molecule has 0 aliphatic rings. The van der Waals surface area contributed by atoms with Gasteiger partial charge in [-0.3, -0.25) is 0 Å². The van der Waals surface area contributed by atoms with Gasteiger partial charge in [-0.25, -0.2) is 4.79 Å². The van der Waals surface area contributed by atoms with Crippen molar-refractivity contribution in [2.75, 3.05) is 5.73 Å². The second kappa shape index (κ2) is 5.33. The van der Waals surface area contributed by atoms with E-state index in [0.29, 0.717) is 15.6 Å². The third kappa shape index (κ3) is 2.78. The average molecular weight is 280 g/mol. The Bertz CT molecular complexity index is 601. The highest BCUT2D eigenvalue weighted by Crippen LogP contribution is 2.35. The number of hydrogen-bond donors (Lipinski definition) is 2. The predicted molar refractivity (Wildman–Crippen MR) is 73.4 cm³/mol. The van der Waals surface area contributed by atoms with Crippen molar-refractivity contribution >= 4 is 35.0 Å². The number of nitrogen functional groups attached to an aromatic ring is 1. The number of anilines is 1. The topological polar surface area (TPSA) is 63.3 Å². The van der Waals surface area contributed by atoms with E-state index in [1.807, 2.05) is 0 Å². The average Bonchev–Trinajstić information content (AvgIpc) is 2.33. The molecule has 0 aliphatic carbocycles. The zero-order chi connectivity index (χ0) is 13.1. The molecule has 0 aliphatic heterocycles. The second-order valence-electron chi connectivity index (χ2n) is 3.59. The molecule has 0 saturated carbocycles. The highest BCUT2D eigenvalue weighted by molar-refractivity contribution is 7.99. The molecule has 0 spiro atoms. The Morgan fingerprint density at radius 3 is 2.56 bits per heavy atom. The first kappa shape index (κ1) is 12.8. The first-order chi connectivity index (χ1) is 8.58. The number of carboxylic acids is 1. The van der Waals surface area contributed by atoms with Crippen LogP contribution in [0.2, 0.25) is 5.02 Å². The summed E-state index contributed by atoms with van der Waals surface area (Å²) >= 11 is 7.13. The minimum atomic E-state index is -0.953. The van der Waals surface area contributed by atoms with Crippen LogP contribution in [0.1, 0.15) is 10.4 Å². The molecule has 0 unspecified atom stereocenters. The lowest BCUT2D eigenvalue weighted by Gasteiger charge is -2.08. The minimum Gasteiger partial charge on any atom is -0.478 e. The van der Waals surface area contributed by atoms with Crippen LogP contribution >= 0.6 is 23.4 Å². The Morgan fingerprint density at radius 1 is 1.17 bits per heavy atom. The van der Waals surface area contributed by atoms with E-state index in [0.717, 1.165) is 4.90 Å². The number of benzene rings is 2. The second-order valence-corrected chi connectivity index (χ2v) is 5.11. The summed E-state index contributed by atoms with van der Waals surface area (Å²) in [6.45, 7) is 0. The zero-order valence-corrected chi connectivity index (χ0v) is 10.8. The van der Waals surface area contributed by atoms with Crippen molar-refractivity contribution < 1.29 is 9.90 Å². The number of aromatic carboxylic acids is 1. The van der Waals surface area contributed by atoms with E-state index in [4.69, 9.17) is 22.4 Å². The molecule has 0 amide bonds. The molecule has 2 aromatic rings. The molecule has 5 heteroatoms. The summed E-state index contributed by atoms with van der Waals surface area (Å²) in [6.07, 6.45) is 0. The van der Waals surface area contributed by atoms with E-state index in [1.54, 1.807) is 42.5 Å². The van der Waals surface area contributed by atoms with Crippen molar-refractivity contribution in [1.29, 1.82) is 0 Å². The first-order valence-electron chi connectivity index (χ1n) is 5.13. The monoisotopic (exact) mass is 279 g/mol. The molecule has 92 valence electrons. The van der Waals surface area contributed by atoms with Crippen molar-refractivity contribution in [3.8, 4) is 0 Å². The summed E-state index contributed by atoms with van der Waals surface area (Å²) in [7, 11) is 0. The van der Waals surface area contributed by atoms with E-state index in [1.165, 1.54) is 11.8 Å². The maximum absolute atomic E-state index is 11.1. The van der Waals surface area contributed by atoms with Crippen molar-refractivity contribution in [3.05, 3.63) is 53.1 Å². The molecule has 0 atom stereocenters. The lowest BCUT2D eigenvalue weighted by molar-refractivity contribution is 0.0693. The molecule has 3 nitrogen and oxygen atoms in total. The summed E-state index contributed by atoms with van der Waals surface area (Å²) in [5.41, 5.74) is 6.64. The van der Waals surface area contributed by atoms with Gasteiger partial charge < -0.3 is 10.8 Å². The molecule has 2 aromatic carbocycles. The third-order valence-electron chi connectivity index (χ3n) is 2.31. The van der Waals surface area contributed by atoms with Gasteiger partial charge in [-0.2, -0.15) is 0 Å². The summed E-state index contributed by atoms with van der Waals surface area (Å²) in [5.74, 6) is -0.953. The molecule has 0 aromatic heterocycles. The lowest BCUT2D eigenvalue weighted by Crippen LogP contribution is -1.98. The SMILES string of the molecule is Nc1cc(Cl)ccc1Sc1ccccc1C(=O)O. The van der Waals surface area contributed by atoms with Crippen LogP contribution in [0.25, 0.3) is 0 Å². The molecule has 3 N–H and O–H groups in total. The van der Waals surface area contributed by atoms with E-state index in [9.17, 15) is 4.79 Å². The summed E-state index contributed by atoms with van der Waals surface area (Å²) < 4.78 is 0. The molecule has 0 saturated heterocycles. The highest BCUT2D eigenvalue weighted by atomic mass is 35.5. The van der Waals surface area contributed by atoms with Crippen LogP contribution in [0.15, 0.2) is 52.3 Å².